The van der Waals surface area contributed by atoms with Gasteiger partial charge in [-0.2, -0.15) is 5.10 Å². The number of halogens is 1. The number of nitrogens with zero attached hydrogens (tertiary/aromatic N) is 2. The third-order valence-corrected chi connectivity index (χ3v) is 2.64. The van der Waals surface area contributed by atoms with Crippen LogP contribution < -0.4 is 9.47 Å². The maximum Gasteiger partial charge on any atom is 0.155 e. The number of hydrogen-bond acceptors (Lipinski definition) is 4. The summed E-state index contributed by atoms with van der Waals surface area (Å²) in [5.74, 6) is 1.47. The molecule has 0 aliphatic heterocycles. The van der Waals surface area contributed by atoms with Crippen molar-refractivity contribution in [3.63, 3.8) is 0 Å². The molecule has 0 saturated heterocycles. The Hall–Kier alpha value is -1.81. The highest BCUT2D eigenvalue weighted by Crippen LogP contribution is 2.20. The van der Waals surface area contributed by atoms with Crippen LogP contribution in [0.1, 0.15) is 11.3 Å². The van der Waals surface area contributed by atoms with Crippen molar-refractivity contribution in [2.24, 2.45) is 0 Å². The van der Waals surface area contributed by atoms with Crippen LogP contribution in [-0.4, -0.2) is 17.3 Å². The maximum atomic E-state index is 5.77. The molecule has 0 aliphatic rings. The predicted octanol–water partition coefficient (Wildman–Crippen LogP) is 3.03. The van der Waals surface area contributed by atoms with E-state index in [1.807, 2.05) is 31.2 Å². The standard InChI is InChI=1S/C13H13ClN2O2/c1-9-12(7-13(14)16-15-9)18-8-10-3-5-11(17-2)6-4-10/h3-7H,8H2,1-2H3. The van der Waals surface area contributed by atoms with Crippen LogP contribution in [0.4, 0.5) is 0 Å². The summed E-state index contributed by atoms with van der Waals surface area (Å²) in [6.07, 6.45) is 0. The number of benzene rings is 1. The topological polar surface area (TPSA) is 44.2 Å². The monoisotopic (exact) mass is 264 g/mol. The Morgan fingerprint density at radius 1 is 1.17 bits per heavy atom. The van der Waals surface area contributed by atoms with E-state index in [1.54, 1.807) is 13.2 Å². The molecule has 0 saturated carbocycles. The van der Waals surface area contributed by atoms with Crippen LogP contribution in [0, 0.1) is 6.92 Å². The highest BCUT2D eigenvalue weighted by atomic mass is 35.5. The molecule has 0 bridgehead atoms. The van der Waals surface area contributed by atoms with Gasteiger partial charge in [-0.3, -0.25) is 0 Å². The number of methoxy groups -OCH3 is 1. The molecule has 0 N–H and O–H groups in total. The van der Waals surface area contributed by atoms with Crippen LogP contribution >= 0.6 is 11.6 Å². The smallest absolute Gasteiger partial charge is 0.155 e. The SMILES string of the molecule is COc1ccc(COc2cc(Cl)nnc2C)cc1. The molecule has 1 aromatic heterocycles. The van der Waals surface area contributed by atoms with Crippen molar-refractivity contribution in [2.75, 3.05) is 7.11 Å². The van der Waals surface area contributed by atoms with E-state index in [0.717, 1.165) is 11.3 Å². The van der Waals surface area contributed by atoms with Gasteiger partial charge in [-0.1, -0.05) is 23.7 Å². The molecule has 0 spiro atoms. The van der Waals surface area contributed by atoms with E-state index >= 15 is 0 Å². The number of aryl methyl sites for hydroxylation is 1. The summed E-state index contributed by atoms with van der Waals surface area (Å²) in [5, 5.41) is 7.95. The summed E-state index contributed by atoms with van der Waals surface area (Å²) in [5.41, 5.74) is 1.76. The first kappa shape index (κ1) is 12.6. The fraction of sp³-hybridized carbons (Fsp3) is 0.231. The zero-order valence-electron chi connectivity index (χ0n) is 10.2. The van der Waals surface area contributed by atoms with E-state index in [1.165, 1.54) is 0 Å². The molecular weight excluding hydrogens is 252 g/mol. The van der Waals surface area contributed by atoms with Crippen molar-refractivity contribution in [1.29, 1.82) is 0 Å². The summed E-state index contributed by atoms with van der Waals surface area (Å²) in [4.78, 5) is 0. The molecule has 2 rings (SSSR count). The van der Waals surface area contributed by atoms with E-state index in [2.05, 4.69) is 10.2 Å². The molecule has 2 aromatic rings. The Morgan fingerprint density at radius 2 is 1.89 bits per heavy atom. The number of rotatable bonds is 4. The Kier molecular flexibility index (Phi) is 3.99. The van der Waals surface area contributed by atoms with E-state index in [4.69, 9.17) is 21.1 Å². The van der Waals surface area contributed by atoms with Crippen molar-refractivity contribution in [1.82, 2.24) is 10.2 Å². The lowest BCUT2D eigenvalue weighted by Gasteiger charge is -2.08. The largest absolute Gasteiger partial charge is 0.497 e. The van der Waals surface area contributed by atoms with Crippen LogP contribution in [0.25, 0.3) is 0 Å². The highest BCUT2D eigenvalue weighted by Gasteiger charge is 2.04. The lowest BCUT2D eigenvalue weighted by Crippen LogP contribution is -1.99. The molecule has 0 radical (unpaired) electrons. The van der Waals surface area contributed by atoms with Crippen molar-refractivity contribution in [2.45, 2.75) is 13.5 Å². The molecule has 1 aromatic carbocycles. The average molecular weight is 265 g/mol. The summed E-state index contributed by atoms with van der Waals surface area (Å²) in [7, 11) is 1.64. The van der Waals surface area contributed by atoms with Crippen molar-refractivity contribution in [3.8, 4) is 11.5 Å². The summed E-state index contributed by atoms with van der Waals surface area (Å²) in [6, 6.07) is 9.34. The zero-order chi connectivity index (χ0) is 13.0. The van der Waals surface area contributed by atoms with E-state index in [9.17, 15) is 0 Å². The van der Waals surface area contributed by atoms with Gasteiger partial charge in [-0.15, -0.1) is 5.10 Å². The minimum Gasteiger partial charge on any atom is -0.497 e. The van der Waals surface area contributed by atoms with E-state index in [-0.39, 0.29) is 0 Å². The van der Waals surface area contributed by atoms with Gasteiger partial charge in [0, 0.05) is 6.07 Å². The zero-order valence-corrected chi connectivity index (χ0v) is 10.9. The van der Waals surface area contributed by atoms with Gasteiger partial charge in [-0.05, 0) is 24.6 Å². The molecular formula is C13H13ClN2O2. The molecule has 0 aliphatic carbocycles. The summed E-state index contributed by atoms with van der Waals surface area (Å²) >= 11 is 5.77. The molecule has 5 heteroatoms. The number of aromatic nitrogens is 2. The van der Waals surface area contributed by atoms with Crippen molar-refractivity contribution in [3.05, 3.63) is 46.7 Å². The molecule has 94 valence electrons. The van der Waals surface area contributed by atoms with Crippen molar-refractivity contribution >= 4 is 11.6 Å². The molecule has 4 nitrogen and oxygen atoms in total. The quantitative estimate of drug-likeness (QED) is 0.851. The third-order valence-electron chi connectivity index (χ3n) is 2.46. The first-order chi connectivity index (χ1) is 8.69. The normalized spacial score (nSPS) is 10.2. The van der Waals surface area contributed by atoms with Gasteiger partial charge in [0.25, 0.3) is 0 Å². The molecule has 0 amide bonds. The Bertz CT molecular complexity index is 529. The van der Waals surface area contributed by atoms with Gasteiger partial charge in [0.05, 0.1) is 7.11 Å². The first-order valence-corrected chi connectivity index (χ1v) is 5.82. The summed E-state index contributed by atoms with van der Waals surface area (Å²) in [6.45, 7) is 2.28. The van der Waals surface area contributed by atoms with Crippen LogP contribution in [0.2, 0.25) is 5.15 Å². The van der Waals surface area contributed by atoms with Crippen LogP contribution in [0.15, 0.2) is 30.3 Å². The Labute approximate surface area is 111 Å². The van der Waals surface area contributed by atoms with Crippen LogP contribution in [0.5, 0.6) is 11.5 Å². The minimum absolute atomic E-state index is 0.324. The Balaban J connectivity index is 2.04. The number of hydrogen-bond donors (Lipinski definition) is 0. The predicted molar refractivity (Wildman–Crippen MR) is 69.1 cm³/mol. The van der Waals surface area contributed by atoms with Gasteiger partial charge in [-0.25, -0.2) is 0 Å². The first-order valence-electron chi connectivity index (χ1n) is 5.44. The lowest BCUT2D eigenvalue weighted by atomic mass is 10.2. The van der Waals surface area contributed by atoms with Gasteiger partial charge >= 0.3 is 0 Å². The second-order valence-corrected chi connectivity index (χ2v) is 4.14. The summed E-state index contributed by atoms with van der Waals surface area (Å²) < 4.78 is 10.7. The third kappa shape index (κ3) is 3.11. The van der Waals surface area contributed by atoms with E-state index in [0.29, 0.717) is 23.2 Å². The van der Waals surface area contributed by atoms with E-state index < -0.39 is 0 Å². The minimum atomic E-state index is 0.324. The fourth-order valence-electron chi connectivity index (χ4n) is 1.44. The second kappa shape index (κ2) is 5.69. The molecule has 1 heterocycles. The average Bonchev–Trinajstić information content (AvgIpc) is 2.40. The fourth-order valence-corrected chi connectivity index (χ4v) is 1.58. The lowest BCUT2D eigenvalue weighted by molar-refractivity contribution is 0.301. The highest BCUT2D eigenvalue weighted by molar-refractivity contribution is 6.29. The molecule has 0 fully saturated rings. The van der Waals surface area contributed by atoms with Gasteiger partial charge in [0.2, 0.25) is 0 Å². The maximum absolute atomic E-state index is 5.77. The van der Waals surface area contributed by atoms with Crippen molar-refractivity contribution < 1.29 is 9.47 Å². The second-order valence-electron chi connectivity index (χ2n) is 3.75. The molecule has 0 unspecified atom stereocenters. The van der Waals surface area contributed by atoms with Gasteiger partial charge in [0.1, 0.15) is 23.8 Å². The number of ether oxygens (including phenoxy) is 2. The molecule has 0 atom stereocenters. The van der Waals surface area contributed by atoms with Gasteiger partial charge < -0.3 is 9.47 Å². The molecule has 18 heavy (non-hydrogen) atoms. The van der Waals surface area contributed by atoms with Gasteiger partial charge in [0.15, 0.2) is 5.15 Å². The van der Waals surface area contributed by atoms with Crippen LogP contribution in [-0.2, 0) is 6.61 Å². The van der Waals surface area contributed by atoms with Crippen LogP contribution in [0.3, 0.4) is 0 Å². The Morgan fingerprint density at radius 3 is 2.56 bits per heavy atom.